The lowest BCUT2D eigenvalue weighted by Crippen LogP contribution is -2.50. The first-order valence-electron chi connectivity index (χ1n) is 4.09. The van der Waals surface area contributed by atoms with E-state index in [1.54, 1.807) is 0 Å². The maximum atomic E-state index is 13.2. The van der Waals surface area contributed by atoms with Crippen molar-refractivity contribution in [2.45, 2.75) is 18.0 Å². The molecule has 96 valence electrons. The van der Waals surface area contributed by atoms with E-state index >= 15 is 0 Å². The van der Waals surface area contributed by atoms with Crippen LogP contribution in [0.3, 0.4) is 0 Å². The van der Waals surface area contributed by atoms with E-state index in [0.29, 0.717) is 6.07 Å². The largest absolute Gasteiger partial charge is 0.460 e. The van der Waals surface area contributed by atoms with Gasteiger partial charge < -0.3 is 0 Å². The van der Waals surface area contributed by atoms with Crippen LogP contribution < -0.4 is 0 Å². The third kappa shape index (κ3) is 2.27. The zero-order chi connectivity index (χ0) is 13.5. The van der Waals surface area contributed by atoms with Crippen LogP contribution in [0.4, 0.5) is 30.7 Å². The summed E-state index contributed by atoms with van der Waals surface area (Å²) in [7, 11) is 0. The standard InChI is InChI=1S/C9H4BrF7/c10-6-4-2-1-3-5(6)7(11,12)8(13,14)9(15,16)17/h1-4H. The van der Waals surface area contributed by atoms with Gasteiger partial charge in [0.25, 0.3) is 0 Å². The zero-order valence-corrected chi connectivity index (χ0v) is 9.42. The Morgan fingerprint density at radius 1 is 0.824 bits per heavy atom. The molecule has 0 spiro atoms. The predicted molar refractivity (Wildman–Crippen MR) is 49.0 cm³/mol. The van der Waals surface area contributed by atoms with E-state index in [1.165, 1.54) is 6.07 Å². The second kappa shape index (κ2) is 4.15. The van der Waals surface area contributed by atoms with Crippen molar-refractivity contribution in [3.8, 4) is 0 Å². The summed E-state index contributed by atoms with van der Waals surface area (Å²) in [5.41, 5.74) is -1.41. The average molecular weight is 325 g/mol. The predicted octanol–water partition coefficient (Wildman–Crippen LogP) is 4.74. The van der Waals surface area contributed by atoms with E-state index in [1.807, 2.05) is 0 Å². The number of alkyl halides is 7. The molecule has 0 nitrogen and oxygen atoms in total. The molecule has 0 saturated heterocycles. The SMILES string of the molecule is FC(F)(F)C(F)(F)C(F)(F)c1ccccc1Br. The highest BCUT2D eigenvalue weighted by atomic mass is 79.9. The molecule has 0 radical (unpaired) electrons. The van der Waals surface area contributed by atoms with Gasteiger partial charge in [-0.15, -0.1) is 0 Å². The van der Waals surface area contributed by atoms with Crippen molar-refractivity contribution in [2.75, 3.05) is 0 Å². The number of halogens is 8. The minimum Gasteiger partial charge on any atom is -0.194 e. The fourth-order valence-corrected chi connectivity index (χ4v) is 1.60. The molecule has 0 heterocycles. The Morgan fingerprint density at radius 3 is 1.71 bits per heavy atom. The van der Waals surface area contributed by atoms with E-state index < -0.39 is 28.1 Å². The second-order valence-electron chi connectivity index (χ2n) is 3.13. The van der Waals surface area contributed by atoms with Gasteiger partial charge in [0.2, 0.25) is 0 Å². The van der Waals surface area contributed by atoms with Crippen LogP contribution >= 0.6 is 15.9 Å². The molecular weight excluding hydrogens is 321 g/mol. The van der Waals surface area contributed by atoms with Gasteiger partial charge in [-0.3, -0.25) is 0 Å². The Kier molecular flexibility index (Phi) is 3.48. The van der Waals surface area contributed by atoms with Crippen LogP contribution in [0, 0.1) is 0 Å². The zero-order valence-electron chi connectivity index (χ0n) is 7.83. The van der Waals surface area contributed by atoms with Crippen LogP contribution in [-0.4, -0.2) is 12.1 Å². The molecule has 1 aromatic rings. The van der Waals surface area contributed by atoms with Crippen LogP contribution in [0.5, 0.6) is 0 Å². The summed E-state index contributed by atoms with van der Waals surface area (Å²) in [6.07, 6.45) is -6.33. The van der Waals surface area contributed by atoms with Crippen molar-refractivity contribution in [1.29, 1.82) is 0 Å². The van der Waals surface area contributed by atoms with Gasteiger partial charge in [0.1, 0.15) is 0 Å². The lowest BCUT2D eigenvalue weighted by molar-refractivity contribution is -0.359. The first-order chi connectivity index (χ1) is 7.52. The Morgan fingerprint density at radius 2 is 1.29 bits per heavy atom. The van der Waals surface area contributed by atoms with E-state index in [0.717, 1.165) is 12.1 Å². The Labute approximate surface area is 99.6 Å². The van der Waals surface area contributed by atoms with Crippen molar-refractivity contribution in [3.05, 3.63) is 34.3 Å². The van der Waals surface area contributed by atoms with E-state index in [9.17, 15) is 30.7 Å². The van der Waals surface area contributed by atoms with Crippen molar-refractivity contribution < 1.29 is 30.7 Å². The molecule has 0 bridgehead atoms. The first kappa shape index (κ1) is 14.3. The maximum absolute atomic E-state index is 13.2. The molecule has 8 heteroatoms. The molecule has 0 saturated carbocycles. The fraction of sp³-hybridized carbons (Fsp3) is 0.333. The highest BCUT2D eigenvalue weighted by molar-refractivity contribution is 9.10. The Balaban J connectivity index is 3.34. The van der Waals surface area contributed by atoms with Crippen LogP contribution in [0.25, 0.3) is 0 Å². The topological polar surface area (TPSA) is 0 Å². The maximum Gasteiger partial charge on any atom is 0.460 e. The molecule has 0 aromatic heterocycles. The van der Waals surface area contributed by atoms with Gasteiger partial charge in [0.15, 0.2) is 0 Å². The summed E-state index contributed by atoms with van der Waals surface area (Å²) in [6, 6.07) is 3.62. The Hall–Kier alpha value is -0.790. The highest BCUT2D eigenvalue weighted by Gasteiger charge is 2.73. The molecule has 0 aliphatic heterocycles. The van der Waals surface area contributed by atoms with Crippen LogP contribution in [0.2, 0.25) is 0 Å². The van der Waals surface area contributed by atoms with Gasteiger partial charge >= 0.3 is 18.0 Å². The van der Waals surface area contributed by atoms with Crippen molar-refractivity contribution in [2.24, 2.45) is 0 Å². The van der Waals surface area contributed by atoms with Gasteiger partial charge in [-0.05, 0) is 6.07 Å². The second-order valence-corrected chi connectivity index (χ2v) is 3.98. The van der Waals surface area contributed by atoms with Crippen LogP contribution in [-0.2, 0) is 5.92 Å². The molecule has 1 aromatic carbocycles. The number of benzene rings is 1. The highest BCUT2D eigenvalue weighted by Crippen LogP contribution is 2.52. The van der Waals surface area contributed by atoms with Gasteiger partial charge in [-0.25, -0.2) is 0 Å². The monoisotopic (exact) mass is 324 g/mol. The summed E-state index contributed by atoms with van der Waals surface area (Å²) in [6.45, 7) is 0. The molecular formula is C9H4BrF7. The van der Waals surface area contributed by atoms with Crippen LogP contribution in [0.15, 0.2) is 28.7 Å². The lowest BCUT2D eigenvalue weighted by Gasteiger charge is -2.28. The number of hydrogen-bond acceptors (Lipinski definition) is 0. The van der Waals surface area contributed by atoms with Gasteiger partial charge in [0.05, 0.1) is 0 Å². The van der Waals surface area contributed by atoms with E-state index in [2.05, 4.69) is 15.9 Å². The van der Waals surface area contributed by atoms with Crippen molar-refractivity contribution in [3.63, 3.8) is 0 Å². The molecule has 0 aliphatic rings. The third-order valence-corrected chi connectivity index (χ3v) is 2.65. The summed E-state index contributed by atoms with van der Waals surface area (Å²) >= 11 is 2.51. The lowest BCUT2D eigenvalue weighted by atomic mass is 10.0. The molecule has 0 N–H and O–H groups in total. The summed E-state index contributed by atoms with van der Waals surface area (Å²) in [5, 5.41) is 0. The van der Waals surface area contributed by atoms with Gasteiger partial charge in [-0.2, -0.15) is 30.7 Å². The quantitative estimate of drug-likeness (QED) is 0.689. The minimum atomic E-state index is -6.33. The number of rotatable bonds is 2. The molecule has 0 unspecified atom stereocenters. The third-order valence-electron chi connectivity index (χ3n) is 1.96. The normalized spacial score (nSPS) is 13.9. The van der Waals surface area contributed by atoms with Gasteiger partial charge in [-0.1, -0.05) is 34.1 Å². The molecule has 0 fully saturated rings. The van der Waals surface area contributed by atoms with E-state index in [4.69, 9.17) is 0 Å². The first-order valence-corrected chi connectivity index (χ1v) is 4.88. The van der Waals surface area contributed by atoms with E-state index in [-0.39, 0.29) is 0 Å². The molecule has 0 atom stereocenters. The summed E-state index contributed by atoms with van der Waals surface area (Å²) in [5.74, 6) is -11.5. The molecule has 17 heavy (non-hydrogen) atoms. The summed E-state index contributed by atoms with van der Waals surface area (Å²) < 4.78 is 86.9. The van der Waals surface area contributed by atoms with Crippen molar-refractivity contribution >= 4 is 15.9 Å². The average Bonchev–Trinajstić information content (AvgIpc) is 2.16. The molecule has 0 aliphatic carbocycles. The van der Waals surface area contributed by atoms with Crippen molar-refractivity contribution in [1.82, 2.24) is 0 Å². The molecule has 1 rings (SSSR count). The summed E-state index contributed by atoms with van der Waals surface area (Å²) in [4.78, 5) is 0. The number of hydrogen-bond donors (Lipinski definition) is 0. The van der Waals surface area contributed by atoms with Crippen LogP contribution in [0.1, 0.15) is 5.56 Å². The molecule has 0 amide bonds. The Bertz CT molecular complexity index is 410. The minimum absolute atomic E-state index is 0.504. The van der Waals surface area contributed by atoms with Gasteiger partial charge in [0, 0.05) is 10.0 Å². The fourth-order valence-electron chi connectivity index (χ4n) is 1.06. The smallest absolute Gasteiger partial charge is 0.194 e.